The summed E-state index contributed by atoms with van der Waals surface area (Å²) < 4.78 is 22.4. The molecular formula is C23H22BrN3O6. The van der Waals surface area contributed by atoms with Crippen LogP contribution in [0, 0.1) is 0 Å². The molecule has 10 heteroatoms. The first-order chi connectivity index (χ1) is 15.9. The largest absolute Gasteiger partial charge is 0.493 e. The van der Waals surface area contributed by atoms with E-state index in [1.54, 1.807) is 6.07 Å². The van der Waals surface area contributed by atoms with Crippen LogP contribution in [0.1, 0.15) is 16.1 Å². The van der Waals surface area contributed by atoms with Crippen molar-refractivity contribution in [1.82, 2.24) is 10.7 Å². The summed E-state index contributed by atoms with van der Waals surface area (Å²) in [5.41, 5.74) is 3.50. The van der Waals surface area contributed by atoms with Crippen LogP contribution in [-0.2, 0) is 4.79 Å². The average Bonchev–Trinajstić information content (AvgIpc) is 3.30. The molecule has 3 rings (SSSR count). The Morgan fingerprint density at radius 3 is 2.27 bits per heavy atom. The number of methoxy groups -OCH3 is 3. The summed E-state index contributed by atoms with van der Waals surface area (Å²) in [4.78, 5) is 24.5. The molecule has 0 radical (unpaired) electrons. The van der Waals surface area contributed by atoms with E-state index in [0.717, 1.165) is 10.0 Å². The molecule has 0 saturated heterocycles. The number of carbonyl (C=O) groups is 2. The predicted molar refractivity (Wildman–Crippen MR) is 126 cm³/mol. The van der Waals surface area contributed by atoms with Gasteiger partial charge in [-0.1, -0.05) is 28.1 Å². The maximum Gasteiger partial charge on any atom is 0.259 e. The standard InChI is InChI=1S/C23H22BrN3O6/c1-30-19-10-15(11-20(31-2)22(19)32-3)23(29)25-13-21(28)27-26-12-17-8-9-18(33-17)14-4-6-16(24)7-5-14/h4-12H,13H2,1-3H3,(H,25,29)(H,27,28)/b26-12+. The summed E-state index contributed by atoms with van der Waals surface area (Å²) in [5, 5.41) is 6.37. The van der Waals surface area contributed by atoms with Crippen molar-refractivity contribution < 1.29 is 28.2 Å². The zero-order valence-electron chi connectivity index (χ0n) is 18.2. The summed E-state index contributed by atoms with van der Waals surface area (Å²) in [5.74, 6) is 1.17. The number of furan rings is 1. The molecule has 0 fully saturated rings. The molecule has 9 nitrogen and oxygen atoms in total. The maximum absolute atomic E-state index is 12.4. The van der Waals surface area contributed by atoms with Gasteiger partial charge in [-0.25, -0.2) is 5.43 Å². The molecule has 2 N–H and O–H groups in total. The molecule has 33 heavy (non-hydrogen) atoms. The fraction of sp³-hybridized carbons (Fsp3) is 0.174. The van der Waals surface area contributed by atoms with E-state index in [9.17, 15) is 9.59 Å². The number of hydrogen-bond donors (Lipinski definition) is 2. The first-order valence-electron chi connectivity index (χ1n) is 9.71. The van der Waals surface area contributed by atoms with Crippen molar-refractivity contribution in [2.75, 3.05) is 27.9 Å². The van der Waals surface area contributed by atoms with Gasteiger partial charge in [-0.15, -0.1) is 0 Å². The van der Waals surface area contributed by atoms with Crippen molar-refractivity contribution in [3.8, 4) is 28.6 Å². The molecule has 2 aromatic carbocycles. The lowest BCUT2D eigenvalue weighted by molar-refractivity contribution is -0.120. The first kappa shape index (κ1) is 23.9. The number of amides is 2. The zero-order chi connectivity index (χ0) is 23.8. The van der Waals surface area contributed by atoms with Crippen molar-refractivity contribution in [3.05, 3.63) is 64.3 Å². The molecule has 0 atom stereocenters. The van der Waals surface area contributed by atoms with Gasteiger partial charge in [-0.2, -0.15) is 5.10 Å². The lowest BCUT2D eigenvalue weighted by Gasteiger charge is -2.14. The smallest absolute Gasteiger partial charge is 0.259 e. The minimum atomic E-state index is -0.508. The third-order valence-electron chi connectivity index (χ3n) is 4.47. The highest BCUT2D eigenvalue weighted by molar-refractivity contribution is 9.10. The van der Waals surface area contributed by atoms with Gasteiger partial charge >= 0.3 is 0 Å². The molecule has 0 aliphatic heterocycles. The Bertz CT molecular complexity index is 1130. The quantitative estimate of drug-likeness (QED) is 0.332. The Morgan fingerprint density at radius 2 is 1.67 bits per heavy atom. The summed E-state index contributed by atoms with van der Waals surface area (Å²) in [6.45, 7) is -0.283. The minimum Gasteiger partial charge on any atom is -0.493 e. The Kier molecular flexibility index (Phi) is 8.09. The lowest BCUT2D eigenvalue weighted by Crippen LogP contribution is -2.34. The van der Waals surface area contributed by atoms with Crippen molar-refractivity contribution in [1.29, 1.82) is 0 Å². The Hall–Kier alpha value is -3.79. The monoisotopic (exact) mass is 515 g/mol. The maximum atomic E-state index is 12.4. The summed E-state index contributed by atoms with van der Waals surface area (Å²) in [6.07, 6.45) is 1.38. The highest BCUT2D eigenvalue weighted by Gasteiger charge is 2.17. The summed E-state index contributed by atoms with van der Waals surface area (Å²) >= 11 is 3.39. The number of carbonyl (C=O) groups excluding carboxylic acids is 2. The molecule has 172 valence electrons. The van der Waals surface area contributed by atoms with E-state index < -0.39 is 11.8 Å². The molecule has 0 aliphatic rings. The number of hydrogen-bond acceptors (Lipinski definition) is 7. The van der Waals surface area contributed by atoms with E-state index in [2.05, 4.69) is 31.8 Å². The Balaban J connectivity index is 1.54. The van der Waals surface area contributed by atoms with Crippen molar-refractivity contribution >= 4 is 34.0 Å². The number of benzene rings is 2. The van der Waals surface area contributed by atoms with Crippen LogP contribution in [0.3, 0.4) is 0 Å². The average molecular weight is 516 g/mol. The first-order valence-corrected chi connectivity index (χ1v) is 10.5. The number of halogens is 1. The van der Waals surface area contributed by atoms with Crippen LogP contribution in [0.5, 0.6) is 17.2 Å². The van der Waals surface area contributed by atoms with Gasteiger partial charge in [0.1, 0.15) is 11.5 Å². The molecule has 1 heterocycles. The number of nitrogens with zero attached hydrogens (tertiary/aromatic N) is 1. The van der Waals surface area contributed by atoms with E-state index in [1.165, 1.54) is 39.7 Å². The predicted octanol–water partition coefficient (Wildman–Crippen LogP) is 3.62. The van der Waals surface area contributed by atoms with Gasteiger partial charge in [-0.05, 0) is 36.4 Å². The number of nitrogens with one attached hydrogen (secondary N) is 2. The van der Waals surface area contributed by atoms with Crippen molar-refractivity contribution in [2.45, 2.75) is 0 Å². The number of ether oxygens (including phenoxy) is 3. The van der Waals surface area contributed by atoms with E-state index in [-0.39, 0.29) is 12.1 Å². The summed E-state index contributed by atoms with van der Waals surface area (Å²) in [7, 11) is 4.37. The number of hydrazone groups is 1. The van der Waals surface area contributed by atoms with Gasteiger partial charge in [0.25, 0.3) is 11.8 Å². The molecule has 3 aromatic rings. The Labute approximate surface area is 198 Å². The highest BCUT2D eigenvalue weighted by atomic mass is 79.9. The van der Waals surface area contributed by atoms with Gasteiger partial charge < -0.3 is 23.9 Å². The van der Waals surface area contributed by atoms with E-state index in [0.29, 0.717) is 28.8 Å². The Morgan fingerprint density at radius 1 is 1.00 bits per heavy atom. The lowest BCUT2D eigenvalue weighted by atomic mass is 10.1. The van der Waals surface area contributed by atoms with Gasteiger partial charge in [0, 0.05) is 15.6 Å². The molecular weight excluding hydrogens is 494 g/mol. The fourth-order valence-electron chi connectivity index (χ4n) is 2.87. The molecule has 0 bridgehead atoms. The van der Waals surface area contributed by atoms with Crippen LogP contribution in [-0.4, -0.2) is 45.9 Å². The van der Waals surface area contributed by atoms with Crippen molar-refractivity contribution in [2.24, 2.45) is 5.10 Å². The molecule has 0 saturated carbocycles. The van der Waals surface area contributed by atoms with E-state index in [4.69, 9.17) is 18.6 Å². The van der Waals surface area contributed by atoms with Crippen LogP contribution < -0.4 is 25.0 Å². The second-order valence-corrected chi connectivity index (χ2v) is 7.51. The third kappa shape index (κ3) is 6.13. The summed E-state index contributed by atoms with van der Waals surface area (Å²) in [6, 6.07) is 14.2. The topological polar surface area (TPSA) is 111 Å². The molecule has 0 spiro atoms. The van der Waals surface area contributed by atoms with E-state index >= 15 is 0 Å². The molecule has 0 unspecified atom stereocenters. The highest BCUT2D eigenvalue weighted by Crippen LogP contribution is 2.38. The van der Waals surface area contributed by atoms with Crippen molar-refractivity contribution in [3.63, 3.8) is 0 Å². The van der Waals surface area contributed by atoms with Crippen LogP contribution >= 0.6 is 15.9 Å². The van der Waals surface area contributed by atoms with Gasteiger partial charge in [0.05, 0.1) is 34.1 Å². The normalized spacial score (nSPS) is 10.7. The van der Waals surface area contributed by atoms with E-state index in [1.807, 2.05) is 30.3 Å². The van der Waals surface area contributed by atoms with Gasteiger partial charge in [-0.3, -0.25) is 9.59 Å². The molecule has 2 amide bonds. The second-order valence-electron chi connectivity index (χ2n) is 6.60. The van der Waals surface area contributed by atoms with Crippen LogP contribution in [0.2, 0.25) is 0 Å². The SMILES string of the molecule is COc1cc(C(=O)NCC(=O)N/N=C/c2ccc(-c3ccc(Br)cc3)o2)cc(OC)c1OC. The second kappa shape index (κ2) is 11.2. The fourth-order valence-corrected chi connectivity index (χ4v) is 3.14. The van der Waals surface area contributed by atoms with Crippen LogP contribution in [0.25, 0.3) is 11.3 Å². The minimum absolute atomic E-state index is 0.247. The third-order valence-corrected chi connectivity index (χ3v) is 5.00. The van der Waals surface area contributed by atoms with Gasteiger partial charge in [0.15, 0.2) is 11.5 Å². The molecule has 0 aliphatic carbocycles. The van der Waals surface area contributed by atoms with Crippen LogP contribution in [0.4, 0.5) is 0 Å². The zero-order valence-corrected chi connectivity index (χ0v) is 19.8. The van der Waals surface area contributed by atoms with Crippen LogP contribution in [0.15, 0.2) is 62.5 Å². The van der Waals surface area contributed by atoms with Gasteiger partial charge in [0.2, 0.25) is 5.75 Å². The molecule has 1 aromatic heterocycles. The number of rotatable bonds is 9.